The van der Waals surface area contributed by atoms with E-state index < -0.39 is 0 Å². The Hall–Kier alpha value is -2.85. The second-order valence-corrected chi connectivity index (χ2v) is 7.27. The summed E-state index contributed by atoms with van der Waals surface area (Å²) in [6, 6.07) is 23.9. The Morgan fingerprint density at radius 3 is 2.04 bits per heavy atom. The lowest BCUT2D eigenvalue weighted by Gasteiger charge is -2.27. The predicted octanol–water partition coefficient (Wildman–Crippen LogP) is 4.36. The fraction of sp³-hybridized carbons (Fsp3) is 0.292. The summed E-state index contributed by atoms with van der Waals surface area (Å²) in [5.74, 6) is 0.615. The number of hydrogen-bond acceptors (Lipinski definition) is 3. The minimum Gasteiger partial charge on any atom is -0.468 e. The number of amides is 1. The highest BCUT2D eigenvalue weighted by atomic mass is 16.3. The highest BCUT2D eigenvalue weighted by molar-refractivity contribution is 5.87. The molecule has 0 radical (unpaired) electrons. The molecule has 1 aliphatic heterocycles. The van der Waals surface area contributed by atoms with Crippen LogP contribution in [0.5, 0.6) is 0 Å². The molecule has 0 saturated carbocycles. The van der Waals surface area contributed by atoms with Crippen molar-refractivity contribution in [1.29, 1.82) is 0 Å². The molecule has 1 fully saturated rings. The third kappa shape index (κ3) is 4.18. The van der Waals surface area contributed by atoms with Crippen molar-refractivity contribution in [3.8, 4) is 0 Å². The van der Waals surface area contributed by atoms with Gasteiger partial charge >= 0.3 is 0 Å². The van der Waals surface area contributed by atoms with Gasteiger partial charge < -0.3 is 9.73 Å². The Kier molecular flexibility index (Phi) is 5.88. The molecule has 4 rings (SSSR count). The minimum absolute atomic E-state index is 0.0214. The van der Waals surface area contributed by atoms with Crippen molar-refractivity contribution in [2.45, 2.75) is 24.8 Å². The third-order valence-electron chi connectivity index (χ3n) is 5.45. The van der Waals surface area contributed by atoms with Crippen LogP contribution in [0.2, 0.25) is 0 Å². The van der Waals surface area contributed by atoms with Crippen molar-refractivity contribution >= 4 is 5.91 Å². The fourth-order valence-electron chi connectivity index (χ4n) is 4.03. The molecule has 2 heterocycles. The smallest absolute Gasteiger partial charge is 0.232 e. The Bertz CT molecular complexity index is 817. The van der Waals surface area contributed by atoms with Crippen molar-refractivity contribution in [3.05, 3.63) is 95.9 Å². The SMILES string of the molecule is O=C(NC[C@@H](c1ccco1)N1CCCC1)C(c1ccccc1)c1ccccc1. The van der Waals surface area contributed by atoms with Gasteiger partial charge in [0.05, 0.1) is 18.2 Å². The zero-order chi connectivity index (χ0) is 19.2. The van der Waals surface area contributed by atoms with Gasteiger partial charge in [0.25, 0.3) is 0 Å². The first-order chi connectivity index (χ1) is 13.8. The van der Waals surface area contributed by atoms with Gasteiger partial charge in [-0.1, -0.05) is 60.7 Å². The number of carbonyl (C=O) groups excluding carboxylic acids is 1. The quantitative estimate of drug-likeness (QED) is 0.668. The van der Waals surface area contributed by atoms with Crippen LogP contribution in [0, 0.1) is 0 Å². The molecule has 1 atom stereocenters. The van der Waals surface area contributed by atoms with Gasteiger partial charge in [-0.3, -0.25) is 9.69 Å². The van der Waals surface area contributed by atoms with Crippen LogP contribution in [-0.4, -0.2) is 30.4 Å². The standard InChI is InChI=1S/C24H26N2O2/c27-24(23(19-10-3-1-4-11-19)20-12-5-2-6-13-20)25-18-21(22-14-9-17-28-22)26-15-7-8-16-26/h1-6,9-14,17,21,23H,7-8,15-16,18H2,(H,25,27)/t21-/m0/s1. The van der Waals surface area contributed by atoms with Gasteiger partial charge in [0.2, 0.25) is 5.91 Å². The highest BCUT2D eigenvalue weighted by Crippen LogP contribution is 2.27. The monoisotopic (exact) mass is 374 g/mol. The first-order valence-electron chi connectivity index (χ1n) is 9.98. The second kappa shape index (κ2) is 8.89. The number of furan rings is 1. The summed E-state index contributed by atoms with van der Waals surface area (Å²) in [6.07, 6.45) is 4.10. The van der Waals surface area contributed by atoms with Gasteiger partial charge in [0.1, 0.15) is 5.76 Å². The zero-order valence-corrected chi connectivity index (χ0v) is 16.0. The largest absolute Gasteiger partial charge is 0.468 e. The molecule has 28 heavy (non-hydrogen) atoms. The molecular weight excluding hydrogens is 348 g/mol. The van der Waals surface area contributed by atoms with E-state index in [1.54, 1.807) is 6.26 Å². The molecule has 0 aliphatic carbocycles. The van der Waals surface area contributed by atoms with Crippen LogP contribution in [0.15, 0.2) is 83.5 Å². The van der Waals surface area contributed by atoms with Gasteiger partial charge in [-0.2, -0.15) is 0 Å². The van der Waals surface area contributed by atoms with Gasteiger partial charge in [-0.15, -0.1) is 0 Å². The number of likely N-dealkylation sites (tertiary alicyclic amines) is 1. The summed E-state index contributed by atoms with van der Waals surface area (Å²) >= 11 is 0. The number of benzene rings is 2. The number of nitrogens with zero attached hydrogens (tertiary/aromatic N) is 1. The van der Waals surface area contributed by atoms with E-state index in [9.17, 15) is 4.79 Å². The van der Waals surface area contributed by atoms with Gasteiger partial charge in [-0.05, 0) is 49.2 Å². The number of nitrogens with one attached hydrogen (secondary N) is 1. The van der Waals surface area contributed by atoms with Crippen molar-refractivity contribution in [2.75, 3.05) is 19.6 Å². The highest BCUT2D eigenvalue weighted by Gasteiger charge is 2.28. The molecule has 1 aromatic heterocycles. The van der Waals surface area contributed by atoms with Gasteiger partial charge in [-0.25, -0.2) is 0 Å². The maximum absolute atomic E-state index is 13.3. The molecule has 1 amide bonds. The van der Waals surface area contributed by atoms with E-state index in [0.717, 1.165) is 30.0 Å². The van der Waals surface area contributed by atoms with E-state index in [0.29, 0.717) is 6.54 Å². The summed E-state index contributed by atoms with van der Waals surface area (Å²) < 4.78 is 5.68. The number of rotatable bonds is 7. The van der Waals surface area contributed by atoms with Crippen LogP contribution in [0.25, 0.3) is 0 Å². The fourth-order valence-corrected chi connectivity index (χ4v) is 4.03. The Morgan fingerprint density at radius 2 is 1.50 bits per heavy atom. The molecule has 2 aromatic carbocycles. The van der Waals surface area contributed by atoms with Crippen molar-refractivity contribution < 1.29 is 9.21 Å². The molecule has 0 bridgehead atoms. The zero-order valence-electron chi connectivity index (χ0n) is 16.0. The van der Waals surface area contributed by atoms with E-state index in [4.69, 9.17) is 4.42 Å². The van der Waals surface area contributed by atoms with Crippen LogP contribution < -0.4 is 5.32 Å². The summed E-state index contributed by atoms with van der Waals surface area (Å²) in [4.78, 5) is 15.7. The van der Waals surface area contributed by atoms with Crippen molar-refractivity contribution in [1.82, 2.24) is 10.2 Å². The van der Waals surface area contributed by atoms with Crippen LogP contribution in [0.3, 0.4) is 0 Å². The van der Waals surface area contributed by atoms with Crippen LogP contribution in [-0.2, 0) is 4.79 Å². The number of hydrogen-bond donors (Lipinski definition) is 1. The summed E-state index contributed by atoms with van der Waals surface area (Å²) in [5.41, 5.74) is 2.00. The van der Waals surface area contributed by atoms with Crippen molar-refractivity contribution in [2.24, 2.45) is 0 Å². The predicted molar refractivity (Wildman–Crippen MR) is 110 cm³/mol. The molecule has 4 heteroatoms. The summed E-state index contributed by atoms with van der Waals surface area (Å²) in [5, 5.41) is 3.20. The maximum atomic E-state index is 13.3. The van der Waals surface area contributed by atoms with E-state index in [2.05, 4.69) is 10.2 Å². The van der Waals surface area contributed by atoms with E-state index in [1.807, 2.05) is 72.8 Å². The maximum Gasteiger partial charge on any atom is 0.232 e. The molecule has 4 nitrogen and oxygen atoms in total. The lowest BCUT2D eigenvalue weighted by Crippen LogP contribution is -2.38. The Morgan fingerprint density at radius 1 is 0.893 bits per heavy atom. The van der Waals surface area contributed by atoms with E-state index in [-0.39, 0.29) is 17.9 Å². The van der Waals surface area contributed by atoms with Crippen LogP contribution >= 0.6 is 0 Å². The first kappa shape index (κ1) is 18.5. The first-order valence-corrected chi connectivity index (χ1v) is 9.98. The normalized spacial score (nSPS) is 15.6. The van der Waals surface area contributed by atoms with E-state index in [1.165, 1.54) is 12.8 Å². The Labute approximate surface area is 166 Å². The second-order valence-electron chi connectivity index (χ2n) is 7.27. The lowest BCUT2D eigenvalue weighted by molar-refractivity contribution is -0.122. The number of carbonyl (C=O) groups is 1. The Balaban J connectivity index is 1.54. The lowest BCUT2D eigenvalue weighted by atomic mass is 9.90. The van der Waals surface area contributed by atoms with Crippen LogP contribution in [0.1, 0.15) is 41.7 Å². The molecule has 0 unspecified atom stereocenters. The van der Waals surface area contributed by atoms with Gasteiger partial charge in [0, 0.05) is 6.54 Å². The van der Waals surface area contributed by atoms with Crippen molar-refractivity contribution in [3.63, 3.8) is 0 Å². The molecule has 3 aromatic rings. The molecule has 1 saturated heterocycles. The molecule has 1 N–H and O–H groups in total. The van der Waals surface area contributed by atoms with Crippen LogP contribution in [0.4, 0.5) is 0 Å². The average Bonchev–Trinajstić information content (AvgIpc) is 3.45. The molecule has 0 spiro atoms. The van der Waals surface area contributed by atoms with E-state index >= 15 is 0 Å². The molecule has 144 valence electrons. The third-order valence-corrected chi connectivity index (χ3v) is 5.45. The molecule has 1 aliphatic rings. The molecular formula is C24H26N2O2. The average molecular weight is 374 g/mol. The topological polar surface area (TPSA) is 45.5 Å². The summed E-state index contributed by atoms with van der Waals surface area (Å²) in [7, 11) is 0. The minimum atomic E-state index is -0.321. The summed E-state index contributed by atoms with van der Waals surface area (Å²) in [6.45, 7) is 2.63. The van der Waals surface area contributed by atoms with Gasteiger partial charge in [0.15, 0.2) is 0 Å².